The van der Waals surface area contributed by atoms with Crippen LogP contribution in [0.4, 0.5) is 0 Å². The first kappa shape index (κ1) is 12.3. The van der Waals surface area contributed by atoms with E-state index in [1.807, 2.05) is 0 Å². The maximum absolute atomic E-state index is 8.90. The number of aliphatic hydroxyl groups is 1. The molecular formula is C11H23N3O. The molecule has 1 aliphatic carbocycles. The zero-order valence-electron chi connectivity index (χ0n) is 10.0. The molecule has 1 saturated carbocycles. The Morgan fingerprint density at radius 3 is 2.47 bits per heavy atom. The molecule has 0 aromatic carbocycles. The summed E-state index contributed by atoms with van der Waals surface area (Å²) in [5.74, 6) is 0.506. The number of rotatable bonds is 4. The van der Waals surface area contributed by atoms with Crippen molar-refractivity contribution in [1.82, 2.24) is 5.32 Å². The van der Waals surface area contributed by atoms with Crippen LogP contribution in [-0.4, -0.2) is 29.8 Å². The molecule has 0 aromatic rings. The van der Waals surface area contributed by atoms with Crippen LogP contribution in [0.3, 0.4) is 0 Å². The van der Waals surface area contributed by atoms with E-state index in [-0.39, 0.29) is 17.6 Å². The van der Waals surface area contributed by atoms with Gasteiger partial charge in [-0.15, -0.1) is 0 Å². The summed E-state index contributed by atoms with van der Waals surface area (Å²) in [6.45, 7) is 7.15. The lowest BCUT2D eigenvalue weighted by Gasteiger charge is -2.21. The Kier molecular flexibility index (Phi) is 3.60. The quantitative estimate of drug-likeness (QED) is 0.479. The fourth-order valence-electron chi connectivity index (χ4n) is 1.58. The van der Waals surface area contributed by atoms with Gasteiger partial charge in [-0.2, -0.15) is 0 Å². The van der Waals surface area contributed by atoms with Crippen molar-refractivity contribution in [3.05, 3.63) is 0 Å². The zero-order chi connectivity index (χ0) is 11.5. The molecule has 1 rings (SSSR count). The second kappa shape index (κ2) is 4.39. The van der Waals surface area contributed by atoms with E-state index in [0.29, 0.717) is 5.96 Å². The number of aliphatic imine (C=N–C) groups is 1. The molecule has 0 heterocycles. The van der Waals surface area contributed by atoms with Crippen molar-refractivity contribution in [3.63, 3.8) is 0 Å². The summed E-state index contributed by atoms with van der Waals surface area (Å²) in [6.07, 6.45) is 3.18. The molecule has 0 aliphatic heterocycles. The molecule has 1 fully saturated rings. The van der Waals surface area contributed by atoms with E-state index in [9.17, 15) is 0 Å². The van der Waals surface area contributed by atoms with E-state index in [1.54, 1.807) is 0 Å². The first-order valence-electron chi connectivity index (χ1n) is 5.56. The third-order valence-corrected chi connectivity index (χ3v) is 2.69. The Balaban J connectivity index is 2.37. The van der Waals surface area contributed by atoms with Crippen LogP contribution in [0.15, 0.2) is 4.99 Å². The van der Waals surface area contributed by atoms with Crippen molar-refractivity contribution in [2.45, 2.75) is 45.6 Å². The molecule has 15 heavy (non-hydrogen) atoms. The third-order valence-electron chi connectivity index (χ3n) is 2.69. The number of nitrogens with zero attached hydrogens (tertiary/aromatic N) is 1. The number of nitrogens with two attached hydrogens (primary N) is 1. The second-order valence-electron chi connectivity index (χ2n) is 5.55. The van der Waals surface area contributed by atoms with Crippen molar-refractivity contribution < 1.29 is 5.11 Å². The van der Waals surface area contributed by atoms with Gasteiger partial charge in [0.05, 0.1) is 0 Å². The highest BCUT2D eigenvalue weighted by Gasteiger charge is 2.41. The number of aliphatic hydroxyl groups excluding tert-OH is 1. The highest BCUT2D eigenvalue weighted by atomic mass is 16.3. The van der Waals surface area contributed by atoms with Crippen molar-refractivity contribution in [2.75, 3.05) is 13.2 Å². The topological polar surface area (TPSA) is 70.6 Å². The maximum atomic E-state index is 8.90. The fourth-order valence-corrected chi connectivity index (χ4v) is 1.58. The van der Waals surface area contributed by atoms with Crippen LogP contribution in [0, 0.1) is 5.41 Å². The Morgan fingerprint density at radius 2 is 2.07 bits per heavy atom. The molecule has 0 unspecified atom stereocenters. The first-order chi connectivity index (χ1) is 6.87. The Morgan fingerprint density at radius 1 is 1.47 bits per heavy atom. The summed E-state index contributed by atoms with van der Waals surface area (Å²) < 4.78 is 0. The van der Waals surface area contributed by atoms with Gasteiger partial charge in [-0.05, 0) is 45.4 Å². The zero-order valence-corrected chi connectivity index (χ0v) is 10.0. The highest BCUT2D eigenvalue weighted by molar-refractivity contribution is 5.78. The van der Waals surface area contributed by atoms with Crippen LogP contribution in [0.5, 0.6) is 0 Å². The predicted octanol–water partition coefficient (Wildman–Crippen LogP) is 0.852. The van der Waals surface area contributed by atoms with Gasteiger partial charge in [0.1, 0.15) is 0 Å². The summed E-state index contributed by atoms with van der Waals surface area (Å²) >= 11 is 0. The smallest absolute Gasteiger partial charge is 0.189 e. The molecular weight excluding hydrogens is 190 g/mol. The molecule has 0 saturated heterocycles. The van der Waals surface area contributed by atoms with Gasteiger partial charge in [0, 0.05) is 18.7 Å². The Labute approximate surface area is 92.0 Å². The van der Waals surface area contributed by atoms with Crippen molar-refractivity contribution >= 4 is 5.96 Å². The highest BCUT2D eigenvalue weighted by Crippen LogP contribution is 2.48. The van der Waals surface area contributed by atoms with Crippen LogP contribution >= 0.6 is 0 Å². The van der Waals surface area contributed by atoms with E-state index in [4.69, 9.17) is 10.8 Å². The lowest BCUT2D eigenvalue weighted by molar-refractivity contribution is 0.251. The van der Waals surface area contributed by atoms with E-state index in [1.165, 1.54) is 12.8 Å². The Hall–Kier alpha value is -0.770. The summed E-state index contributed by atoms with van der Waals surface area (Å²) in [5, 5.41) is 12.0. The van der Waals surface area contributed by atoms with Gasteiger partial charge >= 0.3 is 0 Å². The lowest BCUT2D eigenvalue weighted by atomic mass is 10.0. The summed E-state index contributed by atoms with van der Waals surface area (Å²) in [4.78, 5) is 4.33. The minimum atomic E-state index is -0.0404. The maximum Gasteiger partial charge on any atom is 0.189 e. The standard InChI is InChI=1S/C11H23N3O/c1-10(2,3)14-9(12)13-8-11(4-5-11)6-7-15/h15H,4-8H2,1-3H3,(H3,12,13,14). The first-order valence-corrected chi connectivity index (χ1v) is 5.56. The van der Waals surface area contributed by atoms with Gasteiger partial charge in [-0.1, -0.05) is 0 Å². The number of hydrogen-bond donors (Lipinski definition) is 3. The van der Waals surface area contributed by atoms with E-state index in [2.05, 4.69) is 31.1 Å². The van der Waals surface area contributed by atoms with Crippen molar-refractivity contribution in [1.29, 1.82) is 0 Å². The second-order valence-corrected chi connectivity index (χ2v) is 5.55. The minimum absolute atomic E-state index is 0.0404. The number of guanidine groups is 1. The summed E-state index contributed by atoms with van der Waals surface area (Å²) in [7, 11) is 0. The molecule has 0 radical (unpaired) electrons. The van der Waals surface area contributed by atoms with Gasteiger partial charge in [0.25, 0.3) is 0 Å². The van der Waals surface area contributed by atoms with Crippen LogP contribution in [0.2, 0.25) is 0 Å². The van der Waals surface area contributed by atoms with Crippen LogP contribution < -0.4 is 11.1 Å². The van der Waals surface area contributed by atoms with Crippen molar-refractivity contribution in [2.24, 2.45) is 16.1 Å². The van der Waals surface area contributed by atoms with E-state index >= 15 is 0 Å². The van der Waals surface area contributed by atoms with Gasteiger partial charge in [-0.25, -0.2) is 0 Å². The molecule has 0 spiro atoms. The van der Waals surface area contributed by atoms with E-state index < -0.39 is 0 Å². The average Bonchev–Trinajstić information content (AvgIpc) is 2.80. The molecule has 0 aromatic heterocycles. The third kappa shape index (κ3) is 4.51. The molecule has 0 bridgehead atoms. The van der Waals surface area contributed by atoms with Crippen LogP contribution in [0.25, 0.3) is 0 Å². The number of hydrogen-bond acceptors (Lipinski definition) is 2. The molecule has 4 heteroatoms. The molecule has 0 atom stereocenters. The van der Waals surface area contributed by atoms with Gasteiger partial charge in [0.2, 0.25) is 0 Å². The minimum Gasteiger partial charge on any atom is -0.396 e. The summed E-state index contributed by atoms with van der Waals surface area (Å²) in [6, 6.07) is 0. The van der Waals surface area contributed by atoms with Gasteiger partial charge < -0.3 is 16.2 Å². The molecule has 4 N–H and O–H groups in total. The predicted molar refractivity (Wildman–Crippen MR) is 62.7 cm³/mol. The largest absolute Gasteiger partial charge is 0.396 e. The molecule has 1 aliphatic rings. The van der Waals surface area contributed by atoms with Gasteiger partial charge in [0.15, 0.2) is 5.96 Å². The fraction of sp³-hybridized carbons (Fsp3) is 0.909. The van der Waals surface area contributed by atoms with E-state index in [0.717, 1.165) is 13.0 Å². The normalized spacial score (nSPS) is 20.1. The monoisotopic (exact) mass is 213 g/mol. The van der Waals surface area contributed by atoms with Crippen LogP contribution in [-0.2, 0) is 0 Å². The molecule has 88 valence electrons. The lowest BCUT2D eigenvalue weighted by Crippen LogP contribution is -2.45. The molecule has 0 amide bonds. The van der Waals surface area contributed by atoms with Crippen LogP contribution in [0.1, 0.15) is 40.0 Å². The Bertz CT molecular complexity index is 239. The molecule has 4 nitrogen and oxygen atoms in total. The summed E-state index contributed by atoms with van der Waals surface area (Å²) in [5.41, 5.74) is 5.98. The van der Waals surface area contributed by atoms with Crippen molar-refractivity contribution in [3.8, 4) is 0 Å². The number of nitrogens with one attached hydrogen (secondary N) is 1. The SMILES string of the molecule is CC(C)(C)NC(N)=NCC1(CCO)CC1. The van der Waals surface area contributed by atoms with Gasteiger partial charge in [-0.3, -0.25) is 4.99 Å². The average molecular weight is 213 g/mol.